The molecule has 0 aliphatic heterocycles. The number of hydrogen-bond donors (Lipinski definition) is 0. The number of para-hydroxylation sites is 1. The molecule has 4 nitrogen and oxygen atoms in total. The minimum Gasteiger partial charge on any atom is -0.455 e. The molecule has 11 aromatic rings. The molecule has 0 atom stereocenters. The molecule has 0 N–H and O–H groups in total. The van der Waals surface area contributed by atoms with Gasteiger partial charge in [-0.1, -0.05) is 159 Å². The topological polar surface area (TPSA) is 51.8 Å². The zero-order valence-electron chi connectivity index (χ0n) is 30.8. The highest BCUT2D eigenvalue weighted by Crippen LogP contribution is 2.54. The second kappa shape index (κ2) is 11.4. The summed E-state index contributed by atoms with van der Waals surface area (Å²) in [4.78, 5) is 15.8. The van der Waals surface area contributed by atoms with Gasteiger partial charge < -0.3 is 4.42 Å². The molecule has 4 heteroatoms. The zero-order valence-corrected chi connectivity index (χ0v) is 30.8. The summed E-state index contributed by atoms with van der Waals surface area (Å²) in [5, 5.41) is 11.9. The smallest absolute Gasteiger partial charge is 0.164 e. The van der Waals surface area contributed by atoms with Crippen LogP contribution in [0.5, 0.6) is 0 Å². The molecular formula is C52H33N3O. The number of fused-ring (bicyclic) bond motifs is 14. The van der Waals surface area contributed by atoms with Gasteiger partial charge in [0.15, 0.2) is 17.5 Å². The molecule has 0 fully saturated rings. The van der Waals surface area contributed by atoms with Crippen molar-refractivity contribution in [2.45, 2.75) is 19.3 Å². The summed E-state index contributed by atoms with van der Waals surface area (Å²) >= 11 is 0. The molecule has 0 radical (unpaired) electrons. The van der Waals surface area contributed by atoms with Gasteiger partial charge in [0, 0.05) is 38.4 Å². The van der Waals surface area contributed by atoms with Crippen molar-refractivity contribution in [2.75, 3.05) is 0 Å². The minimum atomic E-state index is -0.248. The quantitative estimate of drug-likeness (QED) is 0.171. The van der Waals surface area contributed by atoms with Gasteiger partial charge in [0.05, 0.1) is 0 Å². The van der Waals surface area contributed by atoms with Crippen LogP contribution in [0.4, 0.5) is 0 Å². The molecule has 0 saturated heterocycles. The van der Waals surface area contributed by atoms with E-state index in [1.54, 1.807) is 0 Å². The third kappa shape index (κ3) is 4.38. The molecular weight excluding hydrogens is 683 g/mol. The van der Waals surface area contributed by atoms with Crippen molar-refractivity contribution in [1.29, 1.82) is 0 Å². The van der Waals surface area contributed by atoms with E-state index < -0.39 is 0 Å². The highest BCUT2D eigenvalue weighted by atomic mass is 16.3. The van der Waals surface area contributed by atoms with Gasteiger partial charge >= 0.3 is 0 Å². The van der Waals surface area contributed by atoms with Gasteiger partial charge in [-0.3, -0.25) is 0 Å². The van der Waals surface area contributed by atoms with Crippen molar-refractivity contribution < 1.29 is 4.42 Å². The summed E-state index contributed by atoms with van der Waals surface area (Å²) in [6, 6.07) is 58.3. The number of furan rings is 1. The summed E-state index contributed by atoms with van der Waals surface area (Å²) in [6.07, 6.45) is 0. The Kier molecular flexibility index (Phi) is 6.37. The number of rotatable bonds is 3. The minimum absolute atomic E-state index is 0.248. The van der Waals surface area contributed by atoms with Crippen LogP contribution in [0.15, 0.2) is 168 Å². The summed E-state index contributed by atoms with van der Waals surface area (Å²) in [5.74, 6) is 1.88. The molecule has 56 heavy (non-hydrogen) atoms. The van der Waals surface area contributed by atoms with Crippen molar-refractivity contribution in [3.05, 3.63) is 175 Å². The SMILES string of the molecule is CC1(C)c2ccccc2-c2c1cc(-c1nc(-c3ccccc3)nc(-c3ccc4ccc5c(ccc6c7ccccc7ccc65)c4c3)n1)c1c2oc2ccccc21. The first-order chi connectivity index (χ1) is 27.5. The first-order valence-corrected chi connectivity index (χ1v) is 19.2. The fraction of sp³-hybridized carbons (Fsp3) is 0.0577. The van der Waals surface area contributed by atoms with Crippen molar-refractivity contribution in [2.24, 2.45) is 0 Å². The van der Waals surface area contributed by atoms with Gasteiger partial charge in [0.1, 0.15) is 11.2 Å². The van der Waals surface area contributed by atoms with Gasteiger partial charge in [-0.15, -0.1) is 0 Å². The number of benzene rings is 9. The normalized spacial score (nSPS) is 13.3. The highest BCUT2D eigenvalue weighted by Gasteiger charge is 2.39. The maximum atomic E-state index is 6.81. The Bertz CT molecular complexity index is 3450. The lowest BCUT2D eigenvalue weighted by Crippen LogP contribution is -2.15. The van der Waals surface area contributed by atoms with E-state index in [-0.39, 0.29) is 5.41 Å². The third-order valence-corrected chi connectivity index (χ3v) is 12.1. The molecule has 0 amide bonds. The number of hydrogen-bond acceptors (Lipinski definition) is 4. The lowest BCUT2D eigenvalue weighted by atomic mass is 9.81. The molecule has 1 aliphatic carbocycles. The van der Waals surface area contributed by atoms with Gasteiger partial charge in [-0.05, 0) is 78.0 Å². The van der Waals surface area contributed by atoms with E-state index in [0.717, 1.165) is 44.2 Å². The van der Waals surface area contributed by atoms with Crippen molar-refractivity contribution in [1.82, 2.24) is 15.0 Å². The molecule has 2 aromatic heterocycles. The summed E-state index contributed by atoms with van der Waals surface area (Å²) in [6.45, 7) is 4.60. The maximum absolute atomic E-state index is 6.81. The van der Waals surface area contributed by atoms with E-state index in [1.807, 2.05) is 24.3 Å². The van der Waals surface area contributed by atoms with Crippen molar-refractivity contribution in [3.63, 3.8) is 0 Å². The standard InChI is InChI=1S/C52H33N3O/c1-52(2)43-18-10-8-16-39(43)47-44(52)29-42(46-40-17-9-11-19-45(40)56-48(46)47)51-54-49(32-13-4-3-5-14-32)53-50(55-51)33-21-20-31-23-25-37-36-24-22-30-12-6-7-15-34(30)35(36)26-27-38(37)41(31)28-33/h3-29H,1-2H3. The van der Waals surface area contributed by atoms with Crippen LogP contribution in [-0.4, -0.2) is 15.0 Å². The molecule has 12 rings (SSSR count). The fourth-order valence-electron chi connectivity index (χ4n) is 9.34. The van der Waals surface area contributed by atoms with Crippen LogP contribution < -0.4 is 0 Å². The number of aromatic nitrogens is 3. The van der Waals surface area contributed by atoms with Crippen LogP contribution in [-0.2, 0) is 5.41 Å². The highest BCUT2D eigenvalue weighted by molar-refractivity contribution is 6.22. The van der Waals surface area contributed by atoms with Gasteiger partial charge in [0.2, 0.25) is 0 Å². The zero-order chi connectivity index (χ0) is 37.1. The van der Waals surface area contributed by atoms with Crippen LogP contribution in [0.1, 0.15) is 25.0 Å². The Morgan fingerprint density at radius 1 is 0.411 bits per heavy atom. The summed E-state index contributed by atoms with van der Waals surface area (Å²) in [7, 11) is 0. The largest absolute Gasteiger partial charge is 0.455 e. The molecule has 1 aliphatic rings. The molecule has 9 aromatic carbocycles. The Hall–Kier alpha value is -7.17. The number of nitrogens with zero attached hydrogens (tertiary/aromatic N) is 3. The lowest BCUT2D eigenvalue weighted by molar-refractivity contribution is 0.653. The van der Waals surface area contributed by atoms with E-state index in [1.165, 1.54) is 59.8 Å². The average Bonchev–Trinajstić information content (AvgIpc) is 3.75. The Balaban J connectivity index is 1.13. The van der Waals surface area contributed by atoms with Gasteiger partial charge in [-0.25, -0.2) is 15.0 Å². The molecule has 2 heterocycles. The predicted molar refractivity (Wildman–Crippen MR) is 231 cm³/mol. The van der Waals surface area contributed by atoms with E-state index in [0.29, 0.717) is 17.5 Å². The van der Waals surface area contributed by atoms with Crippen molar-refractivity contribution in [3.8, 4) is 45.3 Å². The van der Waals surface area contributed by atoms with E-state index in [9.17, 15) is 0 Å². The second-order valence-corrected chi connectivity index (χ2v) is 15.5. The van der Waals surface area contributed by atoms with E-state index in [4.69, 9.17) is 19.4 Å². The molecule has 0 unspecified atom stereocenters. The first kappa shape index (κ1) is 31.2. The molecule has 0 saturated carbocycles. The second-order valence-electron chi connectivity index (χ2n) is 15.5. The third-order valence-electron chi connectivity index (χ3n) is 12.1. The van der Waals surface area contributed by atoms with E-state index in [2.05, 4.69) is 153 Å². The van der Waals surface area contributed by atoms with Gasteiger partial charge in [0.25, 0.3) is 0 Å². The average molecular weight is 716 g/mol. The van der Waals surface area contributed by atoms with Gasteiger partial charge in [-0.2, -0.15) is 0 Å². The van der Waals surface area contributed by atoms with Crippen LogP contribution in [0.2, 0.25) is 0 Å². The van der Waals surface area contributed by atoms with E-state index >= 15 is 0 Å². The summed E-state index contributed by atoms with van der Waals surface area (Å²) < 4.78 is 6.81. The van der Waals surface area contributed by atoms with Crippen LogP contribution in [0.3, 0.4) is 0 Å². The van der Waals surface area contributed by atoms with Crippen LogP contribution in [0, 0.1) is 0 Å². The molecule has 0 bridgehead atoms. The Morgan fingerprint density at radius 2 is 1.00 bits per heavy atom. The Morgan fingerprint density at radius 3 is 1.82 bits per heavy atom. The monoisotopic (exact) mass is 715 g/mol. The molecule has 0 spiro atoms. The molecule has 262 valence electrons. The fourth-order valence-corrected chi connectivity index (χ4v) is 9.34. The first-order valence-electron chi connectivity index (χ1n) is 19.2. The maximum Gasteiger partial charge on any atom is 0.164 e. The Labute approximate surface area is 322 Å². The predicted octanol–water partition coefficient (Wildman–Crippen LogP) is 13.7. The van der Waals surface area contributed by atoms with Crippen molar-refractivity contribution >= 4 is 65.0 Å². The van der Waals surface area contributed by atoms with Crippen LogP contribution >= 0.6 is 0 Å². The van der Waals surface area contributed by atoms with Crippen LogP contribution in [0.25, 0.3) is 110 Å². The lowest BCUT2D eigenvalue weighted by Gasteiger charge is -2.22. The summed E-state index contributed by atoms with van der Waals surface area (Å²) in [5.41, 5.74) is 9.15.